The fourth-order valence-electron chi connectivity index (χ4n) is 1.36. The van der Waals surface area contributed by atoms with Crippen LogP contribution in [0, 0.1) is 6.92 Å². The van der Waals surface area contributed by atoms with E-state index >= 15 is 0 Å². The van der Waals surface area contributed by atoms with E-state index in [0.29, 0.717) is 5.56 Å². The topological polar surface area (TPSA) is 83.5 Å². The maximum absolute atomic E-state index is 10.8. The lowest BCUT2D eigenvalue weighted by atomic mass is 9.98. The zero-order valence-electron chi connectivity index (χ0n) is 8.52. The van der Waals surface area contributed by atoms with E-state index in [1.165, 1.54) is 6.07 Å². The number of benzene rings is 1. The van der Waals surface area contributed by atoms with E-state index in [2.05, 4.69) is 0 Å². The minimum atomic E-state index is -1.08. The number of carbonyl (C=O) groups is 1. The van der Waals surface area contributed by atoms with Crippen LogP contribution in [0.1, 0.15) is 34.5 Å². The van der Waals surface area contributed by atoms with Gasteiger partial charge in [-0.25, -0.2) is 4.79 Å². The molecule has 84 valence electrons. The smallest absolute Gasteiger partial charge is 0.336 e. The van der Waals surface area contributed by atoms with Crippen LogP contribution in [0.25, 0.3) is 0 Å². The van der Waals surface area contributed by atoms with Crippen molar-refractivity contribution in [1.82, 2.24) is 0 Å². The molecule has 0 spiro atoms. The van der Waals surface area contributed by atoms with E-state index < -0.39 is 12.0 Å². The van der Waals surface area contributed by atoms with Gasteiger partial charge in [-0.15, -0.1) is 12.4 Å². The van der Waals surface area contributed by atoms with Gasteiger partial charge >= 0.3 is 5.97 Å². The molecule has 0 aromatic heterocycles. The van der Waals surface area contributed by atoms with Crippen LogP contribution >= 0.6 is 12.4 Å². The molecule has 4 nitrogen and oxygen atoms in total. The molecule has 0 radical (unpaired) electrons. The minimum Gasteiger partial charge on any atom is -0.507 e. The number of phenolic OH excluding ortho intramolecular Hbond substituents is 1. The van der Waals surface area contributed by atoms with E-state index in [1.54, 1.807) is 19.9 Å². The summed E-state index contributed by atoms with van der Waals surface area (Å²) >= 11 is 0. The summed E-state index contributed by atoms with van der Waals surface area (Å²) in [4.78, 5) is 10.8. The average molecular weight is 232 g/mol. The zero-order valence-corrected chi connectivity index (χ0v) is 9.34. The van der Waals surface area contributed by atoms with Crippen LogP contribution < -0.4 is 5.73 Å². The summed E-state index contributed by atoms with van der Waals surface area (Å²) < 4.78 is 0. The Kier molecular flexibility index (Phi) is 4.58. The third-order valence-electron chi connectivity index (χ3n) is 2.10. The maximum atomic E-state index is 10.8. The van der Waals surface area contributed by atoms with E-state index in [-0.39, 0.29) is 29.3 Å². The molecular formula is C10H14ClNO3. The van der Waals surface area contributed by atoms with Gasteiger partial charge in [-0.1, -0.05) is 6.07 Å². The molecule has 0 unspecified atom stereocenters. The molecule has 0 saturated carbocycles. The van der Waals surface area contributed by atoms with Crippen LogP contribution in [-0.2, 0) is 0 Å². The van der Waals surface area contributed by atoms with Crippen molar-refractivity contribution in [1.29, 1.82) is 0 Å². The van der Waals surface area contributed by atoms with Gasteiger partial charge in [0.2, 0.25) is 0 Å². The summed E-state index contributed by atoms with van der Waals surface area (Å²) in [6.07, 6.45) is 0. The molecule has 0 saturated heterocycles. The lowest BCUT2D eigenvalue weighted by Crippen LogP contribution is -2.12. The second-order valence-corrected chi connectivity index (χ2v) is 3.29. The second kappa shape index (κ2) is 5.00. The first-order valence-electron chi connectivity index (χ1n) is 4.26. The number of carboxylic acid groups (broad SMARTS) is 1. The summed E-state index contributed by atoms with van der Waals surface area (Å²) in [5.41, 5.74) is 6.57. The molecule has 1 atom stereocenters. The van der Waals surface area contributed by atoms with Gasteiger partial charge in [-0.2, -0.15) is 0 Å². The average Bonchev–Trinajstić information content (AvgIpc) is 2.08. The van der Waals surface area contributed by atoms with Crippen molar-refractivity contribution in [2.45, 2.75) is 19.9 Å². The van der Waals surface area contributed by atoms with Crippen LogP contribution in [0.3, 0.4) is 0 Å². The van der Waals surface area contributed by atoms with Gasteiger partial charge < -0.3 is 15.9 Å². The van der Waals surface area contributed by atoms with Gasteiger partial charge in [0.05, 0.1) is 5.56 Å². The summed E-state index contributed by atoms with van der Waals surface area (Å²) in [6, 6.07) is 2.52. The summed E-state index contributed by atoms with van der Waals surface area (Å²) in [7, 11) is 0. The molecule has 4 N–H and O–H groups in total. The van der Waals surface area contributed by atoms with Crippen molar-refractivity contribution in [2.24, 2.45) is 5.73 Å². The number of aromatic carboxylic acids is 1. The number of phenols is 1. The standard InChI is InChI=1S/C10H13NO3.ClH/c1-5-3-4-7(10(13)14)8(6(2)11)9(5)12;/h3-4,6,12H,11H2,1-2H3,(H,13,14);1H/t6-;/m1./s1. The third-order valence-corrected chi connectivity index (χ3v) is 2.10. The van der Waals surface area contributed by atoms with Gasteiger partial charge in [-0.05, 0) is 25.5 Å². The van der Waals surface area contributed by atoms with E-state index in [1.807, 2.05) is 0 Å². The van der Waals surface area contributed by atoms with Crippen molar-refractivity contribution in [2.75, 3.05) is 0 Å². The minimum absolute atomic E-state index is 0. The fraction of sp³-hybridized carbons (Fsp3) is 0.300. The SMILES string of the molecule is Cc1ccc(C(=O)O)c([C@@H](C)N)c1O.Cl. The van der Waals surface area contributed by atoms with Gasteiger partial charge in [0.15, 0.2) is 0 Å². The van der Waals surface area contributed by atoms with Crippen molar-refractivity contribution in [3.8, 4) is 5.75 Å². The molecule has 1 aromatic carbocycles. The molecule has 0 heterocycles. The van der Waals surface area contributed by atoms with Crippen molar-refractivity contribution < 1.29 is 15.0 Å². The molecule has 5 heteroatoms. The number of aryl methyl sites for hydroxylation is 1. The highest BCUT2D eigenvalue weighted by Gasteiger charge is 2.18. The predicted molar refractivity (Wildman–Crippen MR) is 59.7 cm³/mol. The van der Waals surface area contributed by atoms with E-state index in [0.717, 1.165) is 0 Å². The number of hydrogen-bond donors (Lipinski definition) is 3. The highest BCUT2D eigenvalue weighted by Crippen LogP contribution is 2.29. The largest absolute Gasteiger partial charge is 0.507 e. The molecule has 1 aromatic rings. The van der Waals surface area contributed by atoms with Crippen molar-refractivity contribution in [3.63, 3.8) is 0 Å². The predicted octanol–water partition coefficient (Wildman–Crippen LogP) is 1.84. The molecular weight excluding hydrogens is 218 g/mol. The molecule has 0 aliphatic heterocycles. The summed E-state index contributed by atoms with van der Waals surface area (Å²) in [6.45, 7) is 3.34. The quantitative estimate of drug-likeness (QED) is 0.725. The Labute approximate surface area is 94.1 Å². The fourth-order valence-corrected chi connectivity index (χ4v) is 1.36. The number of carboxylic acids is 1. The molecule has 0 fully saturated rings. The Morgan fingerprint density at radius 3 is 2.40 bits per heavy atom. The number of hydrogen-bond acceptors (Lipinski definition) is 3. The van der Waals surface area contributed by atoms with Crippen LogP contribution in [0.15, 0.2) is 12.1 Å². The maximum Gasteiger partial charge on any atom is 0.336 e. The van der Waals surface area contributed by atoms with Gasteiger partial charge in [0, 0.05) is 11.6 Å². The Morgan fingerprint density at radius 1 is 1.47 bits per heavy atom. The number of halogens is 1. The Morgan fingerprint density at radius 2 is 2.00 bits per heavy atom. The molecule has 1 rings (SSSR count). The van der Waals surface area contributed by atoms with E-state index in [4.69, 9.17) is 10.8 Å². The Balaban J connectivity index is 0.00000196. The lowest BCUT2D eigenvalue weighted by Gasteiger charge is -2.13. The first kappa shape index (κ1) is 13.7. The number of aromatic hydroxyl groups is 1. The summed E-state index contributed by atoms with van der Waals surface area (Å²) in [5.74, 6) is -1.10. The number of rotatable bonds is 2. The highest BCUT2D eigenvalue weighted by molar-refractivity contribution is 5.90. The van der Waals surface area contributed by atoms with Gasteiger partial charge in [-0.3, -0.25) is 0 Å². The Hall–Kier alpha value is -1.26. The van der Waals surface area contributed by atoms with Gasteiger partial charge in [0.25, 0.3) is 0 Å². The summed E-state index contributed by atoms with van der Waals surface area (Å²) in [5, 5.41) is 18.5. The zero-order chi connectivity index (χ0) is 10.9. The van der Waals surface area contributed by atoms with Crippen LogP contribution in [0.4, 0.5) is 0 Å². The monoisotopic (exact) mass is 231 g/mol. The number of nitrogens with two attached hydrogens (primary N) is 1. The Bertz CT molecular complexity index is 377. The van der Waals surface area contributed by atoms with Crippen molar-refractivity contribution in [3.05, 3.63) is 28.8 Å². The van der Waals surface area contributed by atoms with Gasteiger partial charge in [0.1, 0.15) is 5.75 Å². The third kappa shape index (κ3) is 2.61. The van der Waals surface area contributed by atoms with Crippen LogP contribution in [0.2, 0.25) is 0 Å². The normalized spacial score (nSPS) is 11.7. The molecule has 0 bridgehead atoms. The lowest BCUT2D eigenvalue weighted by molar-refractivity contribution is 0.0694. The molecule has 15 heavy (non-hydrogen) atoms. The molecule has 0 amide bonds. The first-order chi connectivity index (χ1) is 6.45. The molecule has 0 aliphatic carbocycles. The molecule has 0 aliphatic rings. The van der Waals surface area contributed by atoms with Crippen LogP contribution in [-0.4, -0.2) is 16.2 Å². The first-order valence-corrected chi connectivity index (χ1v) is 4.26. The van der Waals surface area contributed by atoms with Crippen molar-refractivity contribution >= 4 is 18.4 Å². The van der Waals surface area contributed by atoms with E-state index in [9.17, 15) is 9.90 Å². The second-order valence-electron chi connectivity index (χ2n) is 3.29. The van der Waals surface area contributed by atoms with Crippen LogP contribution in [0.5, 0.6) is 5.75 Å². The highest BCUT2D eigenvalue weighted by atomic mass is 35.5.